The van der Waals surface area contributed by atoms with Crippen molar-refractivity contribution in [3.8, 4) is 22.5 Å². The summed E-state index contributed by atoms with van der Waals surface area (Å²) < 4.78 is 0. The summed E-state index contributed by atoms with van der Waals surface area (Å²) in [4.78, 5) is 40.9. The van der Waals surface area contributed by atoms with Crippen LogP contribution in [0, 0.1) is 19.1 Å². The number of pyridine rings is 2. The van der Waals surface area contributed by atoms with Crippen molar-refractivity contribution in [3.63, 3.8) is 0 Å². The molecule has 6 N–H and O–H groups in total. The third-order valence-corrected chi connectivity index (χ3v) is 11.9. The number of carbonyl (C=O) groups excluding carboxylic acids is 3. The van der Waals surface area contributed by atoms with Crippen LogP contribution < -0.4 is 0 Å². The normalized spacial score (nSPS) is 11.8. The molecule has 2 unspecified atom stereocenters. The molecule has 0 saturated heterocycles. The number of aliphatic hydroxyl groups excluding tert-OH is 3. The summed E-state index contributed by atoms with van der Waals surface area (Å²) in [7, 11) is 8.49. The number of allylic oxidation sites excluding steroid dienone is 6. The van der Waals surface area contributed by atoms with Crippen LogP contribution in [-0.4, -0.2) is 95.0 Å². The van der Waals surface area contributed by atoms with Crippen LogP contribution in [0.2, 0.25) is 0 Å². The van der Waals surface area contributed by atoms with Gasteiger partial charge in [0.25, 0.3) is 0 Å². The van der Waals surface area contributed by atoms with Gasteiger partial charge in [-0.2, -0.15) is 24.6 Å². The Morgan fingerprint density at radius 3 is 1.18 bits per heavy atom. The van der Waals surface area contributed by atoms with E-state index in [0.29, 0.717) is 23.2 Å². The SMILES string of the molecule is CC(=[OH+])C=C(C)O.CCCC(c1cccc(-c2[c-]cccc2)n1)N(C)C.CCCCC(c1cccc(-c2[c-]cccc2)n1)N(C)C.CCCCCC(C(C)=[OH+])=C(C)O.CCCCCC(C(C)=[OH+])=C(C)O.[CH2-]c1ccccc1.[Cr].[Cr]. The Bertz CT molecular complexity index is 2420. The second kappa shape index (κ2) is 47.3. The van der Waals surface area contributed by atoms with Gasteiger partial charge in [-0.25, -0.2) is 0 Å². The van der Waals surface area contributed by atoms with Crippen LogP contribution in [0.15, 0.2) is 150 Å². The van der Waals surface area contributed by atoms with Crippen LogP contribution in [0.1, 0.15) is 182 Å². The van der Waals surface area contributed by atoms with E-state index in [-0.39, 0.29) is 69.3 Å². The molecule has 434 valence electrons. The summed E-state index contributed by atoms with van der Waals surface area (Å²) in [6.45, 7) is 21.9. The molecule has 0 saturated carbocycles. The van der Waals surface area contributed by atoms with Crippen LogP contribution in [0.5, 0.6) is 0 Å². The predicted molar refractivity (Wildman–Crippen MR) is 328 cm³/mol. The van der Waals surface area contributed by atoms with E-state index in [4.69, 9.17) is 19.9 Å². The summed E-state index contributed by atoms with van der Waals surface area (Å²) in [5.74, 6) is 1.22. The van der Waals surface area contributed by atoms with Crippen LogP contribution >= 0.6 is 0 Å². The molecule has 2 aromatic heterocycles. The van der Waals surface area contributed by atoms with Crippen molar-refractivity contribution in [2.75, 3.05) is 28.2 Å². The van der Waals surface area contributed by atoms with Crippen molar-refractivity contribution in [2.45, 2.75) is 165 Å². The minimum absolute atomic E-state index is 0. The molecule has 0 aliphatic rings. The molecule has 0 amide bonds. The Morgan fingerprint density at radius 1 is 0.519 bits per heavy atom. The fourth-order valence-corrected chi connectivity index (χ4v) is 7.82. The molecule has 0 bridgehead atoms. The first kappa shape index (κ1) is 77.7. The number of rotatable bonds is 22. The zero-order chi connectivity index (χ0) is 58.1. The fourth-order valence-electron chi connectivity index (χ4n) is 7.82. The van der Waals surface area contributed by atoms with E-state index in [0.717, 1.165) is 110 Å². The third-order valence-electron chi connectivity index (χ3n) is 11.9. The maximum Gasteiger partial charge on any atom is 0.319 e. The molecule has 0 aliphatic carbocycles. The van der Waals surface area contributed by atoms with E-state index in [1.54, 1.807) is 27.7 Å². The van der Waals surface area contributed by atoms with Crippen LogP contribution in [0.3, 0.4) is 0 Å². The van der Waals surface area contributed by atoms with Crippen molar-refractivity contribution in [2.24, 2.45) is 0 Å². The van der Waals surface area contributed by atoms with Gasteiger partial charge in [0.05, 0.1) is 55.8 Å². The number of nitrogens with zero attached hydrogens (tertiary/aromatic N) is 4. The van der Waals surface area contributed by atoms with E-state index in [1.165, 1.54) is 32.8 Å². The van der Waals surface area contributed by atoms with Gasteiger partial charge < -0.3 is 25.1 Å². The molecule has 2 atom stereocenters. The Kier molecular flexibility index (Phi) is 46.5. The first-order chi connectivity index (χ1) is 36.6. The zero-order valence-electron chi connectivity index (χ0n) is 50.4. The molecule has 0 spiro atoms. The third kappa shape index (κ3) is 36.4. The van der Waals surface area contributed by atoms with E-state index < -0.39 is 0 Å². The summed E-state index contributed by atoms with van der Waals surface area (Å²) >= 11 is 0. The molecule has 0 radical (unpaired) electrons. The molecule has 10 nitrogen and oxygen atoms in total. The Labute approximate surface area is 499 Å². The van der Waals surface area contributed by atoms with E-state index >= 15 is 0 Å². The number of hydrogen-bond donors (Lipinski definition) is 3. The number of ketones is 3. The molecule has 5 rings (SSSR count). The van der Waals surface area contributed by atoms with Crippen molar-refractivity contribution in [1.82, 2.24) is 19.8 Å². The van der Waals surface area contributed by atoms with Crippen molar-refractivity contribution < 1.29 is 64.4 Å². The zero-order valence-corrected chi connectivity index (χ0v) is 52.9. The van der Waals surface area contributed by atoms with Gasteiger partial charge in [-0.05, 0) is 111 Å². The summed E-state index contributed by atoms with van der Waals surface area (Å²) in [6, 6.07) is 45.7. The fraction of sp³-hybridized carbons (Fsp3) is 0.433. The average molecular weight is 1160 g/mol. The van der Waals surface area contributed by atoms with Gasteiger partial charge in [-0.3, -0.25) is 24.4 Å². The second-order valence-corrected chi connectivity index (χ2v) is 19.5. The smallest absolute Gasteiger partial charge is 0.319 e. The molecule has 5 aromatic rings. The topological polar surface area (TPSA) is 157 Å². The average Bonchev–Trinajstić information content (AvgIpc) is 3.39. The van der Waals surface area contributed by atoms with E-state index in [2.05, 4.69) is 127 Å². The number of unbranched alkanes of at least 4 members (excludes halogenated alkanes) is 5. The Balaban J connectivity index is -0.000000911. The largest absolute Gasteiger partial charge is 0.512 e. The standard InChI is InChI=1S/C18H23N2.C17H21N2.2C10H18O2.C7H7.C5H8O2.2Cr/c1-4-5-14-18(20(2)3)17-13-9-12-16(19-17)15-10-7-6-8-11-15;1-4-9-17(19(2)3)16-13-8-12-15(18-16)14-10-6-5-7-11-14;2*1-4-5-6-7-10(8(2)11)9(3)12;1-7-5-3-2-4-6-7;1-4(6)3-5(2)7;;/h6-10,12-13,18H,4-5,14H2,1-3H3;5-8,10,12-13,17H,4,9H2,1-3H3;2*11H,4-7H2,1-3H3;2-6H,1H2;3,6H,1-2H3;;/q2*-1;;;-1;;;/p+3. The van der Waals surface area contributed by atoms with Crippen molar-refractivity contribution >= 4 is 17.3 Å². The van der Waals surface area contributed by atoms with Gasteiger partial charge in [-0.15, -0.1) is 83.9 Å². The van der Waals surface area contributed by atoms with Crippen molar-refractivity contribution in [3.05, 3.63) is 186 Å². The molecule has 2 heterocycles. The Hall–Kier alpha value is -5.56. The minimum Gasteiger partial charge on any atom is -0.512 e. The van der Waals surface area contributed by atoms with Crippen molar-refractivity contribution in [1.29, 1.82) is 0 Å². The van der Waals surface area contributed by atoms with Gasteiger partial charge in [0.2, 0.25) is 0 Å². The van der Waals surface area contributed by atoms with Gasteiger partial charge in [0.15, 0.2) is 0 Å². The minimum atomic E-state index is 0. The summed E-state index contributed by atoms with van der Waals surface area (Å²) in [6.07, 6.45) is 15.4. The molecule has 0 aliphatic heterocycles. The molecular formula is C67H98Cr2N4O6. The molecule has 12 heteroatoms. The molecule has 0 fully saturated rings. The second-order valence-electron chi connectivity index (χ2n) is 19.5. The van der Waals surface area contributed by atoms with E-state index in [1.807, 2.05) is 72.8 Å². The Morgan fingerprint density at radius 2 is 0.911 bits per heavy atom. The first-order valence-corrected chi connectivity index (χ1v) is 27.5. The van der Waals surface area contributed by atoms with Crippen LogP contribution in [0.25, 0.3) is 22.5 Å². The number of aromatic nitrogens is 2. The monoisotopic (exact) mass is 1160 g/mol. The van der Waals surface area contributed by atoms with Gasteiger partial charge in [-0.1, -0.05) is 103 Å². The summed E-state index contributed by atoms with van der Waals surface area (Å²) in [5, 5.41) is 26.8. The maximum atomic E-state index is 9.18. The summed E-state index contributed by atoms with van der Waals surface area (Å²) in [5.41, 5.74) is 8.88. The van der Waals surface area contributed by atoms with E-state index in [9.17, 15) is 19.8 Å². The van der Waals surface area contributed by atoms with Crippen LogP contribution in [-0.2, 0) is 34.7 Å². The van der Waals surface area contributed by atoms with Gasteiger partial charge in [0, 0.05) is 46.1 Å². The number of hydrogen-bond acceptors (Lipinski definition) is 7. The predicted octanol–water partition coefficient (Wildman–Crippen LogP) is 17.1. The molecular weight excluding hydrogens is 1060 g/mol. The number of benzene rings is 3. The molecule has 79 heavy (non-hydrogen) atoms. The first-order valence-electron chi connectivity index (χ1n) is 27.5. The van der Waals surface area contributed by atoms with Crippen LogP contribution in [0.4, 0.5) is 0 Å². The quantitative estimate of drug-likeness (QED) is 0.0205. The maximum absolute atomic E-state index is 9.18. The number of aliphatic hydroxyl groups is 3. The van der Waals surface area contributed by atoms with Gasteiger partial charge in [0.1, 0.15) is 11.5 Å². The molecule has 3 aromatic carbocycles. The van der Waals surface area contributed by atoms with Gasteiger partial charge >= 0.3 is 17.3 Å².